The van der Waals surface area contributed by atoms with Crippen LogP contribution >= 0.6 is 0 Å². The fourth-order valence-corrected chi connectivity index (χ4v) is 0.147. The number of rotatable bonds is 2. The van der Waals surface area contributed by atoms with Gasteiger partial charge in [-0.1, -0.05) is 0 Å². The largest absolute Gasteiger partial charge is 0.449 e. The molecule has 0 aliphatic rings. The zero-order chi connectivity index (χ0) is 5.70. The van der Waals surface area contributed by atoms with Crippen LogP contribution in [0.1, 0.15) is 0 Å². The van der Waals surface area contributed by atoms with Gasteiger partial charge in [-0.15, -0.1) is 0 Å². The number of allylic oxidation sites excluding steroid dienone is 1. The molecule has 0 aromatic heterocycles. The molecule has 0 rings (SSSR count). The van der Waals surface area contributed by atoms with Crippen molar-refractivity contribution in [2.24, 2.45) is 5.73 Å². The van der Waals surface area contributed by atoms with Gasteiger partial charge in [0.1, 0.15) is 0 Å². The molecule has 0 bridgehead atoms. The van der Waals surface area contributed by atoms with Gasteiger partial charge in [-0.25, -0.2) is 0 Å². The van der Waals surface area contributed by atoms with Crippen molar-refractivity contribution in [2.45, 2.75) is 0 Å². The van der Waals surface area contributed by atoms with Crippen LogP contribution in [0.2, 0.25) is 0 Å². The van der Waals surface area contributed by atoms with E-state index in [2.05, 4.69) is 0 Å². The molecular weight excluding hydrogens is 90.9 g/mol. The van der Waals surface area contributed by atoms with Crippen molar-refractivity contribution in [1.29, 1.82) is 5.41 Å². The quantitative estimate of drug-likeness (QED) is 0.307. The molecule has 37 valence electrons. The third kappa shape index (κ3) is 3.05. The van der Waals surface area contributed by atoms with Crippen molar-refractivity contribution in [3.8, 4) is 0 Å². The zero-order valence-electron chi connectivity index (χ0n) is 3.76. The molecule has 0 saturated carbocycles. The maximum Gasteiger partial charge on any atom is 0.347 e. The van der Waals surface area contributed by atoms with E-state index in [1.807, 2.05) is 0 Å². The second-order valence-corrected chi connectivity index (χ2v) is 0.944. The van der Waals surface area contributed by atoms with Crippen molar-refractivity contribution in [3.05, 3.63) is 12.3 Å². The predicted molar refractivity (Wildman–Crippen MR) is 29.0 cm³/mol. The summed E-state index contributed by atoms with van der Waals surface area (Å²) >= 11 is 0. The Morgan fingerprint density at radius 1 is 1.86 bits per heavy atom. The lowest BCUT2D eigenvalue weighted by molar-refractivity contribution is 0.618. The smallest absolute Gasteiger partial charge is 0.347 e. The summed E-state index contributed by atoms with van der Waals surface area (Å²) in [4.78, 5) is 0. The van der Waals surface area contributed by atoms with E-state index in [0.717, 1.165) is 0 Å². The third-order valence-electron chi connectivity index (χ3n) is 0.415. The molecule has 0 heterocycles. The number of hydrogen-bond donors (Lipinski definition) is 3. The van der Waals surface area contributed by atoms with Crippen LogP contribution in [0.25, 0.3) is 0 Å². The highest BCUT2D eigenvalue weighted by Gasteiger charge is 1.85. The highest BCUT2D eigenvalue weighted by atomic mass is 16.2. The first kappa shape index (κ1) is 6.23. The predicted octanol–water partition coefficient (Wildman–Crippen LogP) is -0.952. The van der Waals surface area contributed by atoms with Gasteiger partial charge in [-0.2, -0.15) is 0 Å². The van der Waals surface area contributed by atoms with Crippen molar-refractivity contribution < 1.29 is 5.02 Å². The zero-order valence-corrected chi connectivity index (χ0v) is 3.76. The number of hydrogen-bond acceptors (Lipinski definition) is 3. The monoisotopic (exact) mass is 97.1 g/mol. The molecule has 0 aromatic rings. The summed E-state index contributed by atoms with van der Waals surface area (Å²) in [5.74, 6) is 0. The Morgan fingerprint density at radius 2 is 2.43 bits per heavy atom. The van der Waals surface area contributed by atoms with Crippen LogP contribution in [0.3, 0.4) is 0 Å². The van der Waals surface area contributed by atoms with Crippen molar-refractivity contribution >= 4 is 13.1 Å². The van der Waals surface area contributed by atoms with Crippen molar-refractivity contribution in [1.82, 2.24) is 0 Å². The molecular formula is C3H6BN2O. The average molecular weight is 96.9 g/mol. The van der Waals surface area contributed by atoms with E-state index in [4.69, 9.17) is 16.2 Å². The molecule has 0 saturated heterocycles. The topological polar surface area (TPSA) is 70.1 Å². The standard InChI is InChI=1S/C3H6BN2O/c5-2-1-3(6)4-7/h1-2,6-7H,5H2. The lowest BCUT2D eigenvalue weighted by Crippen LogP contribution is -2.02. The fourth-order valence-electron chi connectivity index (χ4n) is 0.147. The summed E-state index contributed by atoms with van der Waals surface area (Å²) in [6.07, 6.45) is 2.47. The molecule has 0 aliphatic heterocycles. The molecule has 4 heteroatoms. The van der Waals surface area contributed by atoms with E-state index in [9.17, 15) is 0 Å². The van der Waals surface area contributed by atoms with E-state index in [1.165, 1.54) is 12.3 Å². The average Bonchev–Trinajstić information content (AvgIpc) is 1.68. The first-order valence-electron chi connectivity index (χ1n) is 1.75. The summed E-state index contributed by atoms with van der Waals surface area (Å²) in [6.45, 7) is 0. The number of nitrogens with two attached hydrogens (primary N) is 1. The summed E-state index contributed by atoms with van der Waals surface area (Å²) in [5.41, 5.74) is 4.85. The lowest BCUT2D eigenvalue weighted by Gasteiger charge is -1.79. The van der Waals surface area contributed by atoms with Crippen molar-refractivity contribution in [3.63, 3.8) is 0 Å². The van der Waals surface area contributed by atoms with Gasteiger partial charge >= 0.3 is 7.48 Å². The summed E-state index contributed by atoms with van der Waals surface area (Å²) in [5, 5.41) is 14.7. The fraction of sp³-hybridized carbons (Fsp3) is 0. The van der Waals surface area contributed by atoms with Crippen LogP contribution in [-0.4, -0.2) is 18.1 Å². The van der Waals surface area contributed by atoms with Gasteiger partial charge in [-0.05, 0) is 12.3 Å². The van der Waals surface area contributed by atoms with E-state index in [1.54, 1.807) is 0 Å². The van der Waals surface area contributed by atoms with Gasteiger partial charge < -0.3 is 16.2 Å². The first-order valence-corrected chi connectivity index (χ1v) is 1.75. The molecule has 0 aromatic carbocycles. The molecule has 7 heavy (non-hydrogen) atoms. The normalized spacial score (nSPS) is 9.29. The van der Waals surface area contributed by atoms with E-state index in [0.29, 0.717) is 7.48 Å². The van der Waals surface area contributed by atoms with E-state index < -0.39 is 0 Å². The van der Waals surface area contributed by atoms with Crippen LogP contribution in [0.4, 0.5) is 0 Å². The van der Waals surface area contributed by atoms with Crippen LogP contribution in [0.15, 0.2) is 12.3 Å². The molecule has 0 atom stereocenters. The van der Waals surface area contributed by atoms with Gasteiger partial charge in [0.05, 0.1) is 0 Å². The Kier molecular flexibility index (Phi) is 3.05. The minimum atomic E-state index is 0.00231. The molecule has 1 radical (unpaired) electrons. The van der Waals surface area contributed by atoms with Gasteiger partial charge in [0, 0.05) is 5.61 Å². The van der Waals surface area contributed by atoms with Crippen LogP contribution in [0, 0.1) is 5.41 Å². The maximum atomic E-state index is 8.01. The van der Waals surface area contributed by atoms with Crippen LogP contribution in [-0.2, 0) is 0 Å². The van der Waals surface area contributed by atoms with Gasteiger partial charge in [0.25, 0.3) is 0 Å². The Balaban J connectivity index is 3.37. The molecule has 0 fully saturated rings. The molecule has 3 nitrogen and oxygen atoms in total. The van der Waals surface area contributed by atoms with Crippen LogP contribution < -0.4 is 5.73 Å². The molecule has 0 unspecified atom stereocenters. The maximum absolute atomic E-state index is 8.01. The Hall–Kier alpha value is -0.765. The highest BCUT2D eigenvalue weighted by molar-refractivity contribution is 6.71. The summed E-state index contributed by atoms with van der Waals surface area (Å²) in [7, 11) is 0.670. The van der Waals surface area contributed by atoms with Gasteiger partial charge in [0.2, 0.25) is 0 Å². The second kappa shape index (κ2) is 3.43. The molecule has 0 aliphatic carbocycles. The minimum absolute atomic E-state index is 0.00231. The Labute approximate surface area is 42.6 Å². The highest BCUT2D eigenvalue weighted by Crippen LogP contribution is 1.65. The Morgan fingerprint density at radius 3 is 2.57 bits per heavy atom. The van der Waals surface area contributed by atoms with E-state index in [-0.39, 0.29) is 5.61 Å². The molecule has 0 amide bonds. The molecule has 4 N–H and O–H groups in total. The lowest BCUT2D eigenvalue weighted by atomic mass is 9.93. The number of nitrogens with one attached hydrogen (secondary N) is 1. The van der Waals surface area contributed by atoms with E-state index >= 15 is 0 Å². The third-order valence-corrected chi connectivity index (χ3v) is 0.415. The second-order valence-electron chi connectivity index (χ2n) is 0.944. The summed E-state index contributed by atoms with van der Waals surface area (Å²) < 4.78 is 0. The van der Waals surface area contributed by atoms with Crippen LogP contribution in [0.5, 0.6) is 0 Å². The summed E-state index contributed by atoms with van der Waals surface area (Å²) in [6, 6.07) is 0. The molecule has 0 spiro atoms. The first-order chi connectivity index (χ1) is 3.31. The Bertz CT molecular complexity index is 90.9. The van der Waals surface area contributed by atoms with Gasteiger partial charge in [-0.3, -0.25) is 0 Å². The van der Waals surface area contributed by atoms with Gasteiger partial charge in [0.15, 0.2) is 0 Å². The van der Waals surface area contributed by atoms with Crippen molar-refractivity contribution in [2.75, 3.05) is 0 Å². The minimum Gasteiger partial charge on any atom is -0.449 e. The SMILES string of the molecule is N=C([B]O)C=CN.